The normalized spacial score (nSPS) is 15.4. The Balaban J connectivity index is 2.23. The number of hydrogen-bond donors (Lipinski definition) is 3. The van der Waals surface area contributed by atoms with Crippen LogP contribution in [0.3, 0.4) is 0 Å². The van der Waals surface area contributed by atoms with Crippen LogP contribution in [0.1, 0.15) is 20.3 Å². The first-order valence-corrected chi connectivity index (χ1v) is 10.2. The maximum atomic E-state index is 13.2. The molecule has 2 aromatic carbocycles. The number of carbonyl (C=O) groups is 1. The Morgan fingerprint density at radius 3 is 2.62 bits per heavy atom. The van der Waals surface area contributed by atoms with Crippen LogP contribution in [0.2, 0.25) is 0 Å². The molecule has 0 aliphatic rings. The molecule has 6 nitrogen and oxygen atoms in total. The van der Waals surface area contributed by atoms with Crippen molar-refractivity contribution in [2.75, 3.05) is 12.8 Å². The second-order valence-electron chi connectivity index (χ2n) is 6.18. The number of benzene rings is 2. The number of hydrogen-bond acceptors (Lipinski definition) is 4. The summed E-state index contributed by atoms with van der Waals surface area (Å²) in [5, 5.41) is 22.8. The number of allylic oxidation sites excluding steroid dienone is 1. The first-order valence-electron chi connectivity index (χ1n) is 8.37. The quantitative estimate of drug-likeness (QED) is 0.454. The van der Waals surface area contributed by atoms with E-state index in [1.165, 1.54) is 6.92 Å². The van der Waals surface area contributed by atoms with Gasteiger partial charge in [-0.1, -0.05) is 42.0 Å². The molecular formula is C19H24NO5P. The molecule has 0 aliphatic carbocycles. The molecule has 0 aromatic heterocycles. The summed E-state index contributed by atoms with van der Waals surface area (Å²) in [6, 6.07) is 12.1. The number of aliphatic hydroxyl groups is 1. The molecule has 140 valence electrons. The van der Waals surface area contributed by atoms with Crippen molar-refractivity contribution in [2.45, 2.75) is 26.3 Å². The van der Waals surface area contributed by atoms with Crippen LogP contribution < -0.4 is 9.61 Å². The Morgan fingerprint density at radius 2 is 1.96 bits per heavy atom. The first-order chi connectivity index (χ1) is 12.3. The minimum absolute atomic E-state index is 0.0746. The molecule has 26 heavy (non-hydrogen) atoms. The van der Waals surface area contributed by atoms with E-state index in [2.05, 4.69) is 5.09 Å². The highest BCUT2D eigenvalue weighted by atomic mass is 31.2. The Kier molecular flexibility index (Phi) is 6.98. The third-order valence-electron chi connectivity index (χ3n) is 3.90. The number of carboxylic acid groups (broad SMARTS) is 1. The third kappa shape index (κ3) is 5.70. The zero-order valence-corrected chi connectivity index (χ0v) is 15.8. The molecular weight excluding hydrogens is 353 g/mol. The lowest BCUT2D eigenvalue weighted by molar-refractivity contribution is -0.138. The Morgan fingerprint density at radius 1 is 1.27 bits per heavy atom. The molecule has 0 saturated carbocycles. The number of fused-ring (bicyclic) bond motifs is 1. The van der Waals surface area contributed by atoms with Gasteiger partial charge in [-0.05, 0) is 43.2 Å². The maximum absolute atomic E-state index is 13.2. The molecule has 0 heterocycles. The van der Waals surface area contributed by atoms with E-state index in [4.69, 9.17) is 14.7 Å². The van der Waals surface area contributed by atoms with E-state index >= 15 is 0 Å². The lowest BCUT2D eigenvalue weighted by atomic mass is 10.1. The van der Waals surface area contributed by atoms with Crippen LogP contribution in [0.5, 0.6) is 5.75 Å². The van der Waals surface area contributed by atoms with Gasteiger partial charge in [-0.25, -0.2) is 5.09 Å². The van der Waals surface area contributed by atoms with Crippen molar-refractivity contribution in [1.82, 2.24) is 5.09 Å². The highest BCUT2D eigenvalue weighted by Gasteiger charge is 2.29. The fourth-order valence-corrected chi connectivity index (χ4v) is 4.32. The van der Waals surface area contributed by atoms with Gasteiger partial charge in [0.05, 0.1) is 12.8 Å². The van der Waals surface area contributed by atoms with Crippen LogP contribution in [0, 0.1) is 0 Å². The van der Waals surface area contributed by atoms with Crippen LogP contribution in [-0.2, 0) is 9.36 Å². The molecule has 0 spiro atoms. The maximum Gasteiger partial charge on any atom is 0.320 e. The van der Waals surface area contributed by atoms with Crippen molar-refractivity contribution in [1.29, 1.82) is 0 Å². The van der Waals surface area contributed by atoms with Gasteiger partial charge >= 0.3 is 13.5 Å². The van der Waals surface area contributed by atoms with Crippen molar-refractivity contribution in [3.05, 3.63) is 54.1 Å². The second kappa shape index (κ2) is 8.99. The van der Waals surface area contributed by atoms with Gasteiger partial charge in [0.1, 0.15) is 11.8 Å². The van der Waals surface area contributed by atoms with Gasteiger partial charge in [0.15, 0.2) is 0 Å². The minimum Gasteiger partial charge on any atom is -0.480 e. The summed E-state index contributed by atoms with van der Waals surface area (Å²) in [6.07, 6.45) is 2.29. The van der Waals surface area contributed by atoms with Crippen molar-refractivity contribution >= 4 is 24.3 Å². The summed E-state index contributed by atoms with van der Waals surface area (Å²) in [7, 11) is -3.45. The molecule has 0 saturated heterocycles. The van der Waals surface area contributed by atoms with Gasteiger partial charge in [-0.3, -0.25) is 9.36 Å². The molecule has 0 radical (unpaired) electrons. The smallest absolute Gasteiger partial charge is 0.320 e. The van der Waals surface area contributed by atoms with Gasteiger partial charge in [-0.2, -0.15) is 0 Å². The first kappa shape index (κ1) is 20.2. The Hall–Kier alpha value is -2.14. The van der Waals surface area contributed by atoms with E-state index < -0.39 is 19.5 Å². The van der Waals surface area contributed by atoms with Gasteiger partial charge in [0.25, 0.3) is 0 Å². The number of aliphatic hydroxyl groups excluding tert-OH is 1. The predicted molar refractivity (Wildman–Crippen MR) is 103 cm³/mol. The van der Waals surface area contributed by atoms with E-state index in [9.17, 15) is 9.36 Å². The summed E-state index contributed by atoms with van der Waals surface area (Å²) < 4.78 is 19.0. The molecule has 2 unspecified atom stereocenters. The molecule has 2 atom stereocenters. The Bertz CT molecular complexity index is 849. The third-order valence-corrected chi connectivity index (χ3v) is 6.03. The van der Waals surface area contributed by atoms with E-state index in [-0.39, 0.29) is 12.8 Å². The predicted octanol–water partition coefficient (Wildman–Crippen LogP) is 3.80. The lowest BCUT2D eigenvalue weighted by Crippen LogP contribution is -2.33. The summed E-state index contributed by atoms with van der Waals surface area (Å²) in [6.45, 7) is 3.12. The van der Waals surface area contributed by atoms with Crippen molar-refractivity contribution in [2.24, 2.45) is 0 Å². The fourth-order valence-electron chi connectivity index (χ4n) is 2.43. The zero-order valence-electron chi connectivity index (χ0n) is 14.9. The van der Waals surface area contributed by atoms with E-state index in [1.807, 2.05) is 30.3 Å². The largest absolute Gasteiger partial charge is 0.480 e. The van der Waals surface area contributed by atoms with Gasteiger partial charge in [0, 0.05) is 0 Å². The second-order valence-corrected chi connectivity index (χ2v) is 8.42. The molecule has 2 aromatic rings. The number of rotatable bonds is 9. The molecule has 2 rings (SSSR count). The van der Waals surface area contributed by atoms with Crippen molar-refractivity contribution in [3.8, 4) is 5.75 Å². The van der Waals surface area contributed by atoms with Crippen LogP contribution in [0.15, 0.2) is 54.1 Å². The van der Waals surface area contributed by atoms with E-state index in [0.29, 0.717) is 12.2 Å². The van der Waals surface area contributed by atoms with Crippen molar-refractivity contribution in [3.63, 3.8) is 0 Å². The van der Waals surface area contributed by atoms with Crippen LogP contribution in [0.4, 0.5) is 0 Å². The summed E-state index contributed by atoms with van der Waals surface area (Å²) in [5.74, 6) is -0.686. The molecule has 0 amide bonds. The Labute approximate surface area is 153 Å². The number of aliphatic carboxylic acids is 1. The van der Waals surface area contributed by atoms with Crippen LogP contribution in [0.25, 0.3) is 10.8 Å². The lowest BCUT2D eigenvalue weighted by Gasteiger charge is -2.22. The van der Waals surface area contributed by atoms with E-state index in [0.717, 1.165) is 16.3 Å². The molecule has 0 fully saturated rings. The highest BCUT2D eigenvalue weighted by molar-refractivity contribution is 7.57. The van der Waals surface area contributed by atoms with Gasteiger partial charge in [0.2, 0.25) is 0 Å². The topological polar surface area (TPSA) is 95.9 Å². The van der Waals surface area contributed by atoms with Gasteiger partial charge < -0.3 is 14.7 Å². The molecule has 7 heteroatoms. The standard InChI is InChI=1S/C19H24NO5P/c1-14(13-21)6-5-11-26(24,20-15(2)19(22)23)25-18-10-9-16-7-3-4-8-17(16)12-18/h3-4,6-10,12,15,21H,5,11,13H2,1-2H3,(H,20,24)(H,22,23)/b14-6+. The summed E-state index contributed by atoms with van der Waals surface area (Å²) >= 11 is 0. The minimum atomic E-state index is -3.45. The zero-order chi connectivity index (χ0) is 19.2. The molecule has 0 aliphatic heterocycles. The van der Waals surface area contributed by atoms with Gasteiger partial charge in [-0.15, -0.1) is 0 Å². The van der Waals surface area contributed by atoms with E-state index in [1.54, 1.807) is 25.1 Å². The monoisotopic (exact) mass is 377 g/mol. The SMILES string of the molecule is C/C(=C\CCP(=O)(NC(C)C(=O)O)Oc1ccc2ccccc2c1)CO. The average Bonchev–Trinajstić information content (AvgIpc) is 2.61. The fraction of sp³-hybridized carbons (Fsp3) is 0.316. The summed E-state index contributed by atoms with van der Waals surface area (Å²) in [5.41, 5.74) is 0.758. The highest BCUT2D eigenvalue weighted by Crippen LogP contribution is 2.44. The average molecular weight is 377 g/mol. The van der Waals surface area contributed by atoms with Crippen LogP contribution >= 0.6 is 7.52 Å². The molecule has 0 bridgehead atoms. The van der Waals surface area contributed by atoms with Crippen LogP contribution in [-0.4, -0.2) is 35.0 Å². The van der Waals surface area contributed by atoms with Crippen molar-refractivity contribution < 1.29 is 24.1 Å². The number of carboxylic acids is 1. The molecule has 3 N–H and O–H groups in total. The number of nitrogens with one attached hydrogen (secondary N) is 1. The summed E-state index contributed by atoms with van der Waals surface area (Å²) in [4.78, 5) is 11.1.